The van der Waals surface area contributed by atoms with Gasteiger partial charge in [-0.05, 0) is 12.1 Å². The molecule has 4 heterocycles. The summed E-state index contributed by atoms with van der Waals surface area (Å²) in [7, 11) is 0. The topological polar surface area (TPSA) is 65.7 Å². The monoisotopic (exact) mass is 516 g/mol. The van der Waals surface area contributed by atoms with Gasteiger partial charge >= 0.3 is 0 Å². The molecule has 3 aromatic heterocycles. The number of nitrogens with zero attached hydrogens (tertiary/aromatic N) is 6. The first-order valence-electron chi connectivity index (χ1n) is 11.7. The fourth-order valence-electron chi connectivity index (χ4n) is 4.48. The van der Waals surface area contributed by atoms with Crippen LogP contribution in [-0.4, -0.2) is 45.6 Å². The van der Waals surface area contributed by atoms with E-state index >= 15 is 0 Å². The lowest BCUT2D eigenvalue weighted by Crippen LogP contribution is -3.00. The van der Waals surface area contributed by atoms with Crippen LogP contribution in [0.1, 0.15) is 72.9 Å². The summed E-state index contributed by atoms with van der Waals surface area (Å²) in [6.07, 6.45) is 2.83. The number of quaternary nitrogens is 1. The molecule has 1 saturated heterocycles. The fraction of sp³-hybridized carbons (Fsp3) is 0.520. The van der Waals surface area contributed by atoms with Gasteiger partial charge in [0.05, 0.1) is 35.2 Å². The van der Waals surface area contributed by atoms with Crippen molar-refractivity contribution < 1.29 is 16.9 Å². The summed E-state index contributed by atoms with van der Waals surface area (Å²) < 4.78 is 0.938. The zero-order chi connectivity index (χ0) is 23.4. The van der Waals surface area contributed by atoms with Gasteiger partial charge in [-0.2, -0.15) is 5.26 Å². The van der Waals surface area contributed by atoms with Crippen LogP contribution in [0.4, 0.5) is 5.82 Å². The van der Waals surface area contributed by atoms with Gasteiger partial charge in [0, 0.05) is 41.8 Å². The van der Waals surface area contributed by atoms with E-state index in [0.717, 1.165) is 56.0 Å². The molecule has 1 aliphatic heterocycles. The third kappa shape index (κ3) is 6.14. The highest BCUT2D eigenvalue weighted by atomic mass is 35.5. The van der Waals surface area contributed by atoms with E-state index in [9.17, 15) is 5.26 Å². The van der Waals surface area contributed by atoms with Crippen LogP contribution in [0.25, 0.3) is 0 Å². The summed E-state index contributed by atoms with van der Waals surface area (Å²) in [5.74, 6) is 1.72. The zero-order valence-electron chi connectivity index (χ0n) is 20.4. The van der Waals surface area contributed by atoms with Gasteiger partial charge in [0.1, 0.15) is 36.4 Å². The molecular weight excluding hydrogens is 484 g/mol. The Hall–Kier alpha value is -2.05. The van der Waals surface area contributed by atoms with E-state index in [1.807, 2.05) is 12.1 Å². The minimum absolute atomic E-state index is 0. The van der Waals surface area contributed by atoms with Gasteiger partial charge in [0.25, 0.3) is 0 Å². The second kappa shape index (κ2) is 11.6. The summed E-state index contributed by atoms with van der Waals surface area (Å²) in [5, 5.41) is 16.5. The number of thiazole rings is 2. The molecule has 4 rings (SSSR count). The Kier molecular flexibility index (Phi) is 9.05. The highest BCUT2D eigenvalue weighted by Gasteiger charge is 2.34. The van der Waals surface area contributed by atoms with E-state index in [1.165, 1.54) is 21.4 Å². The number of hydrogen-bond donors (Lipinski definition) is 0. The maximum atomic E-state index is 9.57. The van der Waals surface area contributed by atoms with Crippen LogP contribution in [0.15, 0.2) is 29.1 Å². The molecule has 0 spiro atoms. The van der Waals surface area contributed by atoms with Crippen molar-refractivity contribution in [2.75, 3.05) is 31.1 Å². The zero-order valence-corrected chi connectivity index (χ0v) is 22.8. The van der Waals surface area contributed by atoms with Crippen LogP contribution >= 0.6 is 22.7 Å². The Bertz CT molecular complexity index is 1070. The largest absolute Gasteiger partial charge is 1.00 e. The molecule has 1 fully saturated rings. The molecule has 34 heavy (non-hydrogen) atoms. The number of anilines is 1. The molecule has 9 heteroatoms. The van der Waals surface area contributed by atoms with E-state index < -0.39 is 0 Å². The van der Waals surface area contributed by atoms with Crippen LogP contribution in [0.2, 0.25) is 0 Å². The quantitative estimate of drug-likeness (QED) is 0.451. The average molecular weight is 517 g/mol. The van der Waals surface area contributed by atoms with Crippen LogP contribution in [-0.2, 0) is 13.1 Å². The Morgan fingerprint density at radius 1 is 1.00 bits per heavy atom. The van der Waals surface area contributed by atoms with Crippen LogP contribution < -0.4 is 17.3 Å². The van der Waals surface area contributed by atoms with Crippen molar-refractivity contribution in [2.24, 2.45) is 0 Å². The molecule has 3 aromatic rings. The number of pyridine rings is 1. The first-order chi connectivity index (χ1) is 15.9. The maximum absolute atomic E-state index is 9.57. The Balaban J connectivity index is 0.00000324. The van der Waals surface area contributed by atoms with E-state index in [2.05, 4.69) is 54.4 Å². The smallest absolute Gasteiger partial charge is 0.146 e. The highest BCUT2D eigenvalue weighted by Crippen LogP contribution is 2.29. The standard InChI is InChI=1S/C25H33N6S2.ClH/c1-18(2)24-28-21(16-32-24)14-31(15-22-17-33-25(29-22)19(3)4)11-6-9-30(10-12-31)23-20(13-26)7-5-8-27-23;/h5,7-8,16-19H,6,9-12,14-15H2,1-4H3;1H/q+1;/p-1. The highest BCUT2D eigenvalue weighted by molar-refractivity contribution is 7.10. The first kappa shape index (κ1) is 26.6. The second-order valence-electron chi connectivity index (χ2n) is 9.60. The lowest BCUT2D eigenvalue weighted by atomic mass is 10.2. The molecule has 6 nitrogen and oxygen atoms in total. The van der Waals surface area contributed by atoms with Gasteiger partial charge in [0.15, 0.2) is 0 Å². The van der Waals surface area contributed by atoms with Crippen molar-refractivity contribution in [1.82, 2.24) is 15.0 Å². The number of aromatic nitrogens is 3. The molecule has 0 N–H and O–H groups in total. The summed E-state index contributed by atoms with van der Waals surface area (Å²) in [6.45, 7) is 14.5. The van der Waals surface area contributed by atoms with Crippen molar-refractivity contribution in [1.29, 1.82) is 5.26 Å². The van der Waals surface area contributed by atoms with E-state index in [4.69, 9.17) is 9.97 Å². The summed E-state index contributed by atoms with van der Waals surface area (Å²) in [5.41, 5.74) is 3.03. The molecule has 0 amide bonds. The van der Waals surface area contributed by atoms with Crippen molar-refractivity contribution in [3.63, 3.8) is 0 Å². The summed E-state index contributed by atoms with van der Waals surface area (Å²) in [4.78, 5) is 16.8. The molecule has 182 valence electrons. The van der Waals surface area contributed by atoms with E-state index in [1.54, 1.807) is 28.9 Å². The molecule has 0 atom stereocenters. The molecule has 0 aromatic carbocycles. The third-order valence-electron chi connectivity index (χ3n) is 6.23. The molecule has 0 saturated carbocycles. The van der Waals surface area contributed by atoms with Crippen LogP contribution in [0, 0.1) is 11.3 Å². The van der Waals surface area contributed by atoms with Gasteiger partial charge in [-0.3, -0.25) is 0 Å². The first-order valence-corrected chi connectivity index (χ1v) is 13.5. The molecule has 0 radical (unpaired) electrons. The SMILES string of the molecule is CC(C)c1nc(C[N+]2(Cc3csc(C(C)C)n3)CCCN(c3ncccc3C#N)CC2)cs1.[Cl-]. The van der Waals surface area contributed by atoms with Gasteiger partial charge < -0.3 is 21.8 Å². The number of nitriles is 1. The molecular formula is C25H33ClN6S2. The Morgan fingerprint density at radius 2 is 1.62 bits per heavy atom. The van der Waals surface area contributed by atoms with Gasteiger partial charge in [-0.25, -0.2) is 15.0 Å². The molecule has 0 bridgehead atoms. The number of rotatable bonds is 7. The molecule has 0 unspecified atom stereocenters. The van der Waals surface area contributed by atoms with Crippen molar-refractivity contribution >= 4 is 28.5 Å². The van der Waals surface area contributed by atoms with Crippen molar-refractivity contribution in [3.05, 3.63) is 56.1 Å². The molecule has 1 aliphatic rings. The van der Waals surface area contributed by atoms with Gasteiger partial charge in [-0.1, -0.05) is 27.7 Å². The normalized spacial score (nSPS) is 15.7. The minimum Gasteiger partial charge on any atom is -1.00 e. The minimum atomic E-state index is 0. The average Bonchev–Trinajstić information content (AvgIpc) is 3.41. The van der Waals surface area contributed by atoms with Gasteiger partial charge in [0.2, 0.25) is 0 Å². The lowest BCUT2D eigenvalue weighted by molar-refractivity contribution is -0.952. The van der Waals surface area contributed by atoms with Crippen LogP contribution in [0.5, 0.6) is 0 Å². The number of hydrogen-bond acceptors (Lipinski definition) is 7. The number of halogens is 1. The van der Waals surface area contributed by atoms with Crippen molar-refractivity contribution in [2.45, 2.75) is 59.0 Å². The third-order valence-corrected chi connectivity index (χ3v) is 8.62. The lowest BCUT2D eigenvalue weighted by Gasteiger charge is -2.37. The maximum Gasteiger partial charge on any atom is 0.146 e. The van der Waals surface area contributed by atoms with E-state index in [-0.39, 0.29) is 12.4 Å². The Labute approximate surface area is 217 Å². The second-order valence-corrected chi connectivity index (χ2v) is 11.4. The predicted octanol–water partition coefficient (Wildman–Crippen LogP) is 2.54. The Morgan fingerprint density at radius 3 is 2.15 bits per heavy atom. The van der Waals surface area contributed by atoms with Gasteiger partial charge in [-0.15, -0.1) is 22.7 Å². The molecule has 0 aliphatic carbocycles. The van der Waals surface area contributed by atoms with Crippen molar-refractivity contribution in [3.8, 4) is 6.07 Å². The summed E-state index contributed by atoms with van der Waals surface area (Å²) in [6, 6.07) is 6.01. The predicted molar refractivity (Wildman–Crippen MR) is 136 cm³/mol. The van der Waals surface area contributed by atoms with Crippen LogP contribution in [0.3, 0.4) is 0 Å². The fourth-order valence-corrected chi connectivity index (χ4v) is 6.13. The summed E-state index contributed by atoms with van der Waals surface area (Å²) >= 11 is 3.55. The van der Waals surface area contributed by atoms with E-state index in [0.29, 0.717) is 17.4 Å².